The van der Waals surface area contributed by atoms with Crippen LogP contribution in [0.25, 0.3) is 0 Å². The van der Waals surface area contributed by atoms with Crippen molar-refractivity contribution in [3.05, 3.63) is 29.1 Å². The molecule has 2 nitrogen and oxygen atoms in total. The molecule has 25 heavy (non-hydrogen) atoms. The van der Waals surface area contributed by atoms with Crippen LogP contribution >= 0.6 is 22.5 Å². The molecule has 0 unspecified atom stereocenters. The number of benzene rings is 1. The van der Waals surface area contributed by atoms with E-state index >= 15 is 0 Å². The summed E-state index contributed by atoms with van der Waals surface area (Å²) in [6, 6.07) is 2.52. The first-order chi connectivity index (χ1) is 11.5. The number of hydrogen-bond acceptors (Lipinski definition) is 4. The maximum Gasteiger partial charge on any atom is 0.418 e. The number of fused-ring (bicyclic) bond motifs is 1. The topological polar surface area (TPSA) is 29.5 Å². The highest BCUT2D eigenvalue weighted by Crippen LogP contribution is 2.46. The van der Waals surface area contributed by atoms with Crippen LogP contribution in [0.5, 0.6) is 5.75 Å². The first-order valence-corrected chi connectivity index (χ1v) is 10.1. The Morgan fingerprint density at radius 3 is 2.36 bits per heavy atom. The number of halogens is 4. The van der Waals surface area contributed by atoms with Crippen molar-refractivity contribution in [1.29, 1.82) is 0 Å². The lowest BCUT2D eigenvalue weighted by atomic mass is 9.74. The second kappa shape index (κ2) is 8.39. The van der Waals surface area contributed by atoms with E-state index in [9.17, 15) is 22.7 Å². The highest BCUT2D eigenvalue weighted by Gasteiger charge is 2.56. The van der Waals surface area contributed by atoms with Gasteiger partial charge in [0, 0.05) is 23.3 Å². The summed E-state index contributed by atoms with van der Waals surface area (Å²) in [4.78, 5) is 0. The molecule has 1 aliphatic heterocycles. The Balaban J connectivity index is 0.00000151. The van der Waals surface area contributed by atoms with Crippen molar-refractivity contribution in [3.63, 3.8) is 0 Å². The Morgan fingerprint density at radius 1 is 1.24 bits per heavy atom. The van der Waals surface area contributed by atoms with Crippen molar-refractivity contribution in [2.24, 2.45) is 0 Å². The van der Waals surface area contributed by atoms with Gasteiger partial charge in [-0.15, -0.1) is 11.7 Å². The maximum absolute atomic E-state index is 13.8. The highest BCUT2D eigenvalue weighted by atomic mass is 33.1. The minimum atomic E-state index is -4.81. The molecule has 0 bridgehead atoms. The van der Waals surface area contributed by atoms with Gasteiger partial charge in [-0.2, -0.15) is 13.2 Å². The third-order valence-corrected chi connectivity index (χ3v) is 5.04. The van der Waals surface area contributed by atoms with Gasteiger partial charge in [0.2, 0.25) is 0 Å². The number of aliphatic hydroxyl groups is 1. The van der Waals surface area contributed by atoms with Crippen LogP contribution in [0.4, 0.5) is 17.6 Å². The second-order valence-corrected chi connectivity index (χ2v) is 7.72. The van der Waals surface area contributed by atoms with Crippen LogP contribution in [0.1, 0.15) is 45.2 Å². The van der Waals surface area contributed by atoms with E-state index in [4.69, 9.17) is 4.74 Å². The Morgan fingerprint density at radius 2 is 1.84 bits per heavy atom. The lowest BCUT2D eigenvalue weighted by Crippen LogP contribution is -2.51. The Bertz CT molecular complexity index is 591. The summed E-state index contributed by atoms with van der Waals surface area (Å²) in [5, 5.41) is 10.1. The minimum absolute atomic E-state index is 0.344. The molecule has 0 saturated carbocycles. The zero-order valence-corrected chi connectivity index (χ0v) is 16.4. The molecule has 0 fully saturated rings. The predicted octanol–water partition coefficient (Wildman–Crippen LogP) is 5.33. The standard InChI is InChI=1S/C15H18F4O2S2.C2H6/c1-13(2,7-14(20,8-23-22)15(17,18)19)11-6-10(16)5-9-3-4-21-12(9)11;1-2/h5-6,20,22H,3-4,7-8H2,1-2H3;1-2H3/t14-;/m1./s1. The smallest absolute Gasteiger partial charge is 0.418 e. The van der Waals surface area contributed by atoms with Crippen LogP contribution in [0.3, 0.4) is 0 Å². The van der Waals surface area contributed by atoms with Gasteiger partial charge in [-0.05, 0) is 24.0 Å². The third kappa shape index (κ3) is 4.98. The van der Waals surface area contributed by atoms with Crippen molar-refractivity contribution in [1.82, 2.24) is 0 Å². The molecule has 1 aliphatic rings. The van der Waals surface area contributed by atoms with Crippen LogP contribution in [-0.2, 0) is 11.8 Å². The molecule has 1 aromatic rings. The van der Waals surface area contributed by atoms with E-state index < -0.39 is 35.2 Å². The summed E-state index contributed by atoms with van der Waals surface area (Å²) in [6.07, 6.45) is -4.90. The van der Waals surface area contributed by atoms with Gasteiger partial charge in [0.05, 0.1) is 6.61 Å². The molecule has 8 heteroatoms. The molecule has 2 rings (SSSR count). The maximum atomic E-state index is 13.8. The summed E-state index contributed by atoms with van der Waals surface area (Å²) in [7, 11) is 0.619. The molecule has 144 valence electrons. The summed E-state index contributed by atoms with van der Waals surface area (Å²) < 4.78 is 59.2. The Kier molecular flexibility index (Phi) is 7.53. The molecular weight excluding hydrogens is 376 g/mol. The number of ether oxygens (including phenoxy) is 1. The third-order valence-electron chi connectivity index (χ3n) is 4.04. The van der Waals surface area contributed by atoms with Gasteiger partial charge in [0.1, 0.15) is 11.6 Å². The van der Waals surface area contributed by atoms with Gasteiger partial charge in [0.15, 0.2) is 5.60 Å². The molecule has 0 aliphatic carbocycles. The van der Waals surface area contributed by atoms with Gasteiger partial charge >= 0.3 is 6.18 Å². The quantitative estimate of drug-likeness (QED) is 0.398. The number of hydrogen-bond donors (Lipinski definition) is 2. The van der Waals surface area contributed by atoms with Crippen molar-refractivity contribution in [3.8, 4) is 5.75 Å². The fourth-order valence-corrected chi connectivity index (χ4v) is 4.06. The van der Waals surface area contributed by atoms with Gasteiger partial charge in [-0.25, -0.2) is 4.39 Å². The van der Waals surface area contributed by atoms with E-state index in [1.54, 1.807) is 13.8 Å². The van der Waals surface area contributed by atoms with Crippen molar-refractivity contribution in [2.75, 3.05) is 12.4 Å². The van der Waals surface area contributed by atoms with E-state index in [0.717, 1.165) is 0 Å². The molecule has 1 N–H and O–H groups in total. The largest absolute Gasteiger partial charge is 0.493 e. The van der Waals surface area contributed by atoms with Crippen molar-refractivity contribution >= 4 is 22.5 Å². The average Bonchev–Trinajstić information content (AvgIpc) is 2.94. The van der Waals surface area contributed by atoms with Crippen LogP contribution in [0.15, 0.2) is 12.1 Å². The number of rotatable bonds is 5. The zero-order valence-electron chi connectivity index (χ0n) is 14.7. The van der Waals surface area contributed by atoms with E-state index in [1.165, 1.54) is 12.1 Å². The summed E-state index contributed by atoms with van der Waals surface area (Å²) in [5.41, 5.74) is -3.06. The molecule has 0 amide bonds. The Hall–Kier alpha value is -0.600. The summed E-state index contributed by atoms with van der Waals surface area (Å²) in [6.45, 7) is 7.46. The van der Waals surface area contributed by atoms with E-state index in [0.29, 0.717) is 40.7 Å². The van der Waals surface area contributed by atoms with Crippen LogP contribution in [-0.4, -0.2) is 29.2 Å². The number of thiol groups is 1. The molecular formula is C17H24F4O2S2. The van der Waals surface area contributed by atoms with Crippen molar-refractivity contribution in [2.45, 2.75) is 57.7 Å². The molecule has 0 aromatic heterocycles. The van der Waals surface area contributed by atoms with Gasteiger partial charge in [0.25, 0.3) is 0 Å². The van der Waals surface area contributed by atoms with E-state index in [1.807, 2.05) is 13.8 Å². The first-order valence-electron chi connectivity index (χ1n) is 8.01. The normalized spacial score (nSPS) is 16.4. The van der Waals surface area contributed by atoms with E-state index in [2.05, 4.69) is 11.7 Å². The fraction of sp³-hybridized carbons (Fsp3) is 0.647. The summed E-state index contributed by atoms with van der Waals surface area (Å²) in [5.74, 6) is -0.697. The lowest BCUT2D eigenvalue weighted by molar-refractivity contribution is -0.256. The second-order valence-electron chi connectivity index (χ2n) is 6.40. The lowest BCUT2D eigenvalue weighted by Gasteiger charge is -2.37. The monoisotopic (exact) mass is 400 g/mol. The molecule has 0 spiro atoms. The van der Waals surface area contributed by atoms with E-state index in [-0.39, 0.29) is 0 Å². The Labute approximate surface area is 155 Å². The molecule has 1 atom stereocenters. The summed E-state index contributed by atoms with van der Waals surface area (Å²) >= 11 is 3.74. The van der Waals surface area contributed by atoms with Crippen LogP contribution in [0.2, 0.25) is 0 Å². The van der Waals surface area contributed by atoms with Crippen LogP contribution in [0, 0.1) is 5.82 Å². The molecule has 1 aromatic carbocycles. The van der Waals surface area contributed by atoms with Gasteiger partial charge in [-0.1, -0.05) is 38.5 Å². The minimum Gasteiger partial charge on any atom is -0.493 e. The van der Waals surface area contributed by atoms with Gasteiger partial charge in [-0.3, -0.25) is 0 Å². The highest BCUT2D eigenvalue weighted by molar-refractivity contribution is 8.68. The fourth-order valence-electron chi connectivity index (χ4n) is 2.94. The molecule has 0 radical (unpaired) electrons. The van der Waals surface area contributed by atoms with Crippen molar-refractivity contribution < 1.29 is 27.4 Å². The SMILES string of the molecule is CC.CC(C)(C[C@@](O)(CSS)C(F)(F)F)c1cc(F)cc2c1OCC2. The molecule has 1 heterocycles. The first kappa shape index (κ1) is 22.4. The van der Waals surface area contributed by atoms with Gasteiger partial charge < -0.3 is 9.84 Å². The van der Waals surface area contributed by atoms with Crippen LogP contribution < -0.4 is 4.74 Å². The zero-order chi connectivity index (χ0) is 19.5. The number of alkyl halides is 3. The predicted molar refractivity (Wildman–Crippen MR) is 97.0 cm³/mol. The molecule has 0 saturated heterocycles. The average molecular weight is 401 g/mol.